The minimum atomic E-state index is -4.41. The summed E-state index contributed by atoms with van der Waals surface area (Å²) in [6, 6.07) is 10.2. The van der Waals surface area contributed by atoms with Gasteiger partial charge in [0.15, 0.2) is 0 Å². The van der Waals surface area contributed by atoms with Crippen molar-refractivity contribution in [3.63, 3.8) is 0 Å². The molecule has 2 atom stereocenters. The van der Waals surface area contributed by atoms with Gasteiger partial charge in [0.1, 0.15) is 0 Å². The second-order valence-electron chi connectivity index (χ2n) is 7.99. The molecule has 0 bridgehead atoms. The maximum atomic E-state index is 13.1. The molecule has 0 unspecified atom stereocenters. The average Bonchev–Trinajstić information content (AvgIpc) is 2.78. The van der Waals surface area contributed by atoms with Gasteiger partial charge in [-0.15, -0.1) is 0 Å². The standard InChI is InChI=1S/C24H22Cl2F3N3O/c1-33-22-13-32(7-6-21(22)30)23-19(14-2-4-16(5-3-14)24(27,28)29)11-31-12-20(23)15-8-17(25)10-18(26)9-15/h2-5,8-12,21-22H,6-7,13,30H2,1H3/t21-,22-/m0/s1. The minimum Gasteiger partial charge on any atom is -0.378 e. The van der Waals surface area contributed by atoms with Gasteiger partial charge in [0.2, 0.25) is 0 Å². The lowest BCUT2D eigenvalue weighted by molar-refractivity contribution is -0.137. The van der Waals surface area contributed by atoms with Crippen LogP contribution < -0.4 is 10.6 Å². The van der Waals surface area contributed by atoms with Gasteiger partial charge in [-0.1, -0.05) is 35.3 Å². The van der Waals surface area contributed by atoms with Gasteiger partial charge >= 0.3 is 6.18 Å². The van der Waals surface area contributed by atoms with Crippen LogP contribution in [0.15, 0.2) is 54.9 Å². The van der Waals surface area contributed by atoms with E-state index in [1.165, 1.54) is 12.1 Å². The Bertz CT molecular complexity index is 1120. The Morgan fingerprint density at radius 2 is 1.61 bits per heavy atom. The highest BCUT2D eigenvalue weighted by Gasteiger charge is 2.32. The average molecular weight is 496 g/mol. The summed E-state index contributed by atoms with van der Waals surface area (Å²) >= 11 is 12.5. The largest absolute Gasteiger partial charge is 0.416 e. The van der Waals surface area contributed by atoms with Crippen molar-refractivity contribution in [3.8, 4) is 22.3 Å². The lowest BCUT2D eigenvalue weighted by Gasteiger charge is -2.39. The van der Waals surface area contributed by atoms with E-state index in [-0.39, 0.29) is 12.1 Å². The van der Waals surface area contributed by atoms with Crippen LogP contribution in [0.5, 0.6) is 0 Å². The van der Waals surface area contributed by atoms with E-state index in [0.717, 1.165) is 28.9 Å². The molecular formula is C24H22Cl2F3N3O. The molecule has 2 heterocycles. The number of aromatic nitrogens is 1. The van der Waals surface area contributed by atoms with Crippen molar-refractivity contribution in [1.29, 1.82) is 0 Å². The SMILES string of the molecule is CO[C@H]1CN(c2c(-c3ccc(C(F)(F)F)cc3)cncc2-c2cc(Cl)cc(Cl)c2)CC[C@@H]1N. The van der Waals surface area contributed by atoms with E-state index in [1.54, 1.807) is 37.7 Å². The van der Waals surface area contributed by atoms with Crippen LogP contribution in [0.4, 0.5) is 18.9 Å². The number of methoxy groups -OCH3 is 1. The summed E-state index contributed by atoms with van der Waals surface area (Å²) in [5, 5.41) is 0.942. The van der Waals surface area contributed by atoms with E-state index in [2.05, 4.69) is 9.88 Å². The van der Waals surface area contributed by atoms with E-state index >= 15 is 0 Å². The van der Waals surface area contributed by atoms with Crippen molar-refractivity contribution >= 4 is 28.9 Å². The molecule has 2 aromatic carbocycles. The molecule has 1 aromatic heterocycles. The molecular weight excluding hydrogens is 474 g/mol. The van der Waals surface area contributed by atoms with E-state index in [1.807, 2.05) is 0 Å². The number of alkyl halides is 3. The first kappa shape index (κ1) is 23.8. The molecule has 0 aliphatic carbocycles. The number of rotatable bonds is 4. The molecule has 1 aliphatic rings. The first-order valence-electron chi connectivity index (χ1n) is 10.3. The molecule has 3 aromatic rings. The normalized spacial score (nSPS) is 19.1. The Hall–Kier alpha value is -2.32. The summed E-state index contributed by atoms with van der Waals surface area (Å²) in [6.45, 7) is 1.18. The minimum absolute atomic E-state index is 0.105. The van der Waals surface area contributed by atoms with Gasteiger partial charge < -0.3 is 15.4 Å². The van der Waals surface area contributed by atoms with Crippen LogP contribution in [0.3, 0.4) is 0 Å². The van der Waals surface area contributed by atoms with E-state index in [0.29, 0.717) is 40.7 Å². The predicted octanol–water partition coefficient (Wildman–Crippen LogP) is 6.29. The number of benzene rings is 2. The molecule has 9 heteroatoms. The van der Waals surface area contributed by atoms with Crippen LogP contribution in [0, 0.1) is 0 Å². The molecule has 174 valence electrons. The number of nitrogens with two attached hydrogens (primary N) is 1. The summed E-state index contributed by atoms with van der Waals surface area (Å²) in [5.41, 5.74) is 9.16. The number of halogens is 5. The zero-order valence-corrected chi connectivity index (χ0v) is 19.3. The Kier molecular flexibility index (Phi) is 6.86. The van der Waals surface area contributed by atoms with Crippen LogP contribution >= 0.6 is 23.2 Å². The van der Waals surface area contributed by atoms with Crippen LogP contribution in [-0.4, -0.2) is 37.3 Å². The fraction of sp³-hybridized carbons (Fsp3) is 0.292. The molecule has 1 fully saturated rings. The third kappa shape index (κ3) is 5.11. The quantitative estimate of drug-likeness (QED) is 0.461. The lowest BCUT2D eigenvalue weighted by atomic mass is 9.94. The predicted molar refractivity (Wildman–Crippen MR) is 126 cm³/mol. The van der Waals surface area contributed by atoms with Gasteiger partial charge in [-0.3, -0.25) is 4.98 Å². The highest BCUT2D eigenvalue weighted by molar-refractivity contribution is 6.35. The first-order valence-corrected chi connectivity index (χ1v) is 11.1. The molecule has 0 saturated carbocycles. The zero-order chi connectivity index (χ0) is 23.8. The summed E-state index contributed by atoms with van der Waals surface area (Å²) in [5.74, 6) is 0. The third-order valence-electron chi connectivity index (χ3n) is 5.84. The summed E-state index contributed by atoms with van der Waals surface area (Å²) in [7, 11) is 1.62. The third-order valence-corrected chi connectivity index (χ3v) is 6.28. The number of ether oxygens (including phenoxy) is 1. The van der Waals surface area contributed by atoms with Crippen molar-refractivity contribution in [1.82, 2.24) is 4.98 Å². The topological polar surface area (TPSA) is 51.4 Å². The number of nitrogens with zero attached hydrogens (tertiary/aromatic N) is 2. The molecule has 33 heavy (non-hydrogen) atoms. The molecule has 4 nitrogen and oxygen atoms in total. The maximum absolute atomic E-state index is 13.1. The zero-order valence-electron chi connectivity index (χ0n) is 17.7. The molecule has 2 N–H and O–H groups in total. The van der Waals surface area contributed by atoms with E-state index in [9.17, 15) is 13.2 Å². The molecule has 1 aliphatic heterocycles. The fourth-order valence-electron chi connectivity index (χ4n) is 4.15. The van der Waals surface area contributed by atoms with Gasteiger partial charge in [0.25, 0.3) is 0 Å². The van der Waals surface area contributed by atoms with Crippen molar-refractivity contribution in [2.45, 2.75) is 24.7 Å². The Morgan fingerprint density at radius 1 is 1.00 bits per heavy atom. The van der Waals surface area contributed by atoms with Crippen molar-refractivity contribution < 1.29 is 17.9 Å². The summed E-state index contributed by atoms with van der Waals surface area (Å²) in [6.07, 6.45) is -0.537. The van der Waals surface area contributed by atoms with Crippen molar-refractivity contribution in [2.75, 3.05) is 25.1 Å². The number of anilines is 1. The Labute approximate surface area is 200 Å². The number of hydrogen-bond acceptors (Lipinski definition) is 4. The highest BCUT2D eigenvalue weighted by Crippen LogP contribution is 2.42. The fourth-order valence-corrected chi connectivity index (χ4v) is 4.68. The monoisotopic (exact) mass is 495 g/mol. The van der Waals surface area contributed by atoms with Crippen LogP contribution in [0.25, 0.3) is 22.3 Å². The van der Waals surface area contributed by atoms with Gasteiger partial charge in [-0.25, -0.2) is 0 Å². The van der Waals surface area contributed by atoms with Gasteiger partial charge in [0, 0.05) is 59.8 Å². The van der Waals surface area contributed by atoms with Crippen molar-refractivity contribution in [3.05, 3.63) is 70.5 Å². The first-order chi connectivity index (χ1) is 15.7. The maximum Gasteiger partial charge on any atom is 0.416 e. The molecule has 4 rings (SSSR count). The van der Waals surface area contributed by atoms with Crippen molar-refractivity contribution in [2.24, 2.45) is 5.73 Å². The summed E-state index contributed by atoms with van der Waals surface area (Å²) < 4.78 is 44.9. The van der Waals surface area contributed by atoms with Gasteiger partial charge in [-0.05, 0) is 47.9 Å². The summed E-state index contributed by atoms with van der Waals surface area (Å²) in [4.78, 5) is 6.52. The molecule has 1 saturated heterocycles. The number of hydrogen-bond donors (Lipinski definition) is 1. The van der Waals surface area contributed by atoms with Crippen LogP contribution in [0.2, 0.25) is 10.0 Å². The van der Waals surface area contributed by atoms with Gasteiger partial charge in [0.05, 0.1) is 17.4 Å². The lowest BCUT2D eigenvalue weighted by Crippen LogP contribution is -2.51. The van der Waals surface area contributed by atoms with E-state index in [4.69, 9.17) is 33.7 Å². The number of piperidine rings is 1. The second-order valence-corrected chi connectivity index (χ2v) is 8.86. The molecule has 0 amide bonds. The highest BCUT2D eigenvalue weighted by atomic mass is 35.5. The molecule has 0 spiro atoms. The Balaban J connectivity index is 1.88. The van der Waals surface area contributed by atoms with Crippen LogP contribution in [-0.2, 0) is 10.9 Å². The second kappa shape index (κ2) is 9.50. The van der Waals surface area contributed by atoms with Crippen LogP contribution in [0.1, 0.15) is 12.0 Å². The smallest absolute Gasteiger partial charge is 0.378 e. The van der Waals surface area contributed by atoms with Gasteiger partial charge in [-0.2, -0.15) is 13.2 Å². The Morgan fingerprint density at radius 3 is 2.18 bits per heavy atom. The number of pyridine rings is 1. The molecule has 0 radical (unpaired) electrons. The van der Waals surface area contributed by atoms with E-state index < -0.39 is 11.7 Å².